The van der Waals surface area contributed by atoms with E-state index in [1.807, 2.05) is 0 Å². The van der Waals surface area contributed by atoms with Crippen LogP contribution < -0.4 is 11.3 Å². The minimum absolute atomic E-state index is 0.0402. The summed E-state index contributed by atoms with van der Waals surface area (Å²) < 4.78 is 14.3. The van der Waals surface area contributed by atoms with Gasteiger partial charge in [0.25, 0.3) is 5.56 Å². The maximum atomic E-state index is 13.1. The summed E-state index contributed by atoms with van der Waals surface area (Å²) in [5, 5.41) is 0. The number of nitrogens with two attached hydrogens (primary N) is 1. The number of carbonyl (C=O) groups is 2. The van der Waals surface area contributed by atoms with Gasteiger partial charge in [0.15, 0.2) is 6.29 Å². The average Bonchev–Trinajstić information content (AvgIpc) is 2.41. The largest absolute Gasteiger partial charge is 0.366 e. The van der Waals surface area contributed by atoms with E-state index in [4.69, 9.17) is 5.73 Å². The Bertz CT molecular complexity index is 737. The predicted octanol–water partition coefficient (Wildman–Crippen LogP) is 0.947. The second-order valence-electron chi connectivity index (χ2n) is 4.23. The molecule has 0 saturated heterocycles. The van der Waals surface area contributed by atoms with Crippen LogP contribution in [0.15, 0.2) is 41.3 Å². The lowest BCUT2D eigenvalue weighted by atomic mass is 10.1. The molecule has 1 heterocycles. The fourth-order valence-electron chi connectivity index (χ4n) is 1.83. The molecule has 0 saturated carbocycles. The summed E-state index contributed by atoms with van der Waals surface area (Å²) in [5.41, 5.74) is 4.99. The highest BCUT2D eigenvalue weighted by Gasteiger charge is 2.10. The molecule has 0 spiro atoms. The molecule has 1 aromatic heterocycles. The van der Waals surface area contributed by atoms with Crippen molar-refractivity contribution in [3.05, 3.63) is 69.4 Å². The Morgan fingerprint density at radius 1 is 1.35 bits per heavy atom. The first-order chi connectivity index (χ1) is 9.51. The minimum atomic E-state index is -0.749. The number of aldehydes is 1. The zero-order chi connectivity index (χ0) is 14.7. The van der Waals surface area contributed by atoms with Gasteiger partial charge in [-0.1, -0.05) is 12.1 Å². The van der Waals surface area contributed by atoms with Gasteiger partial charge in [-0.2, -0.15) is 0 Å². The van der Waals surface area contributed by atoms with E-state index >= 15 is 0 Å². The van der Waals surface area contributed by atoms with Crippen molar-refractivity contribution in [3.63, 3.8) is 0 Å². The lowest BCUT2D eigenvalue weighted by Crippen LogP contribution is -2.26. The fourth-order valence-corrected chi connectivity index (χ4v) is 1.83. The zero-order valence-corrected chi connectivity index (χ0v) is 10.4. The van der Waals surface area contributed by atoms with Crippen LogP contribution in [0.25, 0.3) is 0 Å². The Kier molecular flexibility index (Phi) is 3.74. The van der Waals surface area contributed by atoms with Crippen molar-refractivity contribution < 1.29 is 14.0 Å². The number of hydrogen-bond donors (Lipinski definition) is 1. The molecule has 20 heavy (non-hydrogen) atoms. The minimum Gasteiger partial charge on any atom is -0.366 e. The number of amides is 1. The zero-order valence-electron chi connectivity index (χ0n) is 10.4. The lowest BCUT2D eigenvalue weighted by Gasteiger charge is -2.08. The molecule has 2 aromatic rings. The molecule has 5 nitrogen and oxygen atoms in total. The number of pyridine rings is 1. The Labute approximate surface area is 113 Å². The van der Waals surface area contributed by atoms with Gasteiger partial charge in [-0.15, -0.1) is 0 Å². The van der Waals surface area contributed by atoms with Crippen molar-refractivity contribution >= 4 is 12.2 Å². The number of benzene rings is 1. The van der Waals surface area contributed by atoms with E-state index in [0.29, 0.717) is 11.8 Å². The van der Waals surface area contributed by atoms with E-state index in [2.05, 4.69) is 0 Å². The first-order valence-electron chi connectivity index (χ1n) is 5.75. The molecule has 1 aromatic carbocycles. The molecule has 102 valence electrons. The van der Waals surface area contributed by atoms with Crippen molar-refractivity contribution in [1.82, 2.24) is 4.57 Å². The normalized spacial score (nSPS) is 10.2. The fraction of sp³-hybridized carbons (Fsp3) is 0.0714. The SMILES string of the molecule is NC(=O)c1cc(C=O)c(=O)n(Cc2cccc(F)c2)c1. The molecule has 0 fully saturated rings. The smallest absolute Gasteiger partial charge is 0.261 e. The number of primary amides is 1. The average molecular weight is 274 g/mol. The van der Waals surface area contributed by atoms with Gasteiger partial charge in [-0.3, -0.25) is 14.4 Å². The highest BCUT2D eigenvalue weighted by Crippen LogP contribution is 2.06. The topological polar surface area (TPSA) is 82.2 Å². The second-order valence-corrected chi connectivity index (χ2v) is 4.23. The molecule has 0 aliphatic rings. The number of carbonyl (C=O) groups excluding carboxylic acids is 2. The molecular formula is C14H11FN2O3. The van der Waals surface area contributed by atoms with E-state index < -0.39 is 17.3 Å². The molecular weight excluding hydrogens is 263 g/mol. The Morgan fingerprint density at radius 2 is 2.10 bits per heavy atom. The van der Waals surface area contributed by atoms with Gasteiger partial charge in [0.05, 0.1) is 17.7 Å². The molecule has 2 rings (SSSR count). The van der Waals surface area contributed by atoms with Crippen LogP contribution in [0.3, 0.4) is 0 Å². The summed E-state index contributed by atoms with van der Waals surface area (Å²) in [6.07, 6.45) is 1.61. The van der Waals surface area contributed by atoms with Gasteiger partial charge in [-0.05, 0) is 23.8 Å². The summed E-state index contributed by atoms with van der Waals surface area (Å²) in [5.74, 6) is -1.18. The quantitative estimate of drug-likeness (QED) is 0.842. The van der Waals surface area contributed by atoms with Crippen LogP contribution in [0.2, 0.25) is 0 Å². The number of hydrogen-bond acceptors (Lipinski definition) is 3. The molecule has 0 radical (unpaired) electrons. The van der Waals surface area contributed by atoms with Crippen LogP contribution in [0.5, 0.6) is 0 Å². The lowest BCUT2D eigenvalue weighted by molar-refractivity contribution is 0.0999. The van der Waals surface area contributed by atoms with Gasteiger partial charge in [-0.25, -0.2) is 4.39 Å². The highest BCUT2D eigenvalue weighted by molar-refractivity contribution is 5.94. The summed E-state index contributed by atoms with van der Waals surface area (Å²) in [4.78, 5) is 34.0. The third-order valence-corrected chi connectivity index (χ3v) is 2.77. The second kappa shape index (κ2) is 5.48. The molecule has 2 N–H and O–H groups in total. The Morgan fingerprint density at radius 3 is 2.70 bits per heavy atom. The van der Waals surface area contributed by atoms with Crippen molar-refractivity contribution in [3.8, 4) is 0 Å². The predicted molar refractivity (Wildman–Crippen MR) is 70.1 cm³/mol. The Hall–Kier alpha value is -2.76. The van der Waals surface area contributed by atoms with Crippen molar-refractivity contribution in [2.45, 2.75) is 6.54 Å². The molecule has 0 aliphatic heterocycles. The van der Waals surface area contributed by atoms with Crippen LogP contribution in [-0.4, -0.2) is 16.8 Å². The maximum Gasteiger partial charge on any atom is 0.261 e. The van der Waals surface area contributed by atoms with Gasteiger partial charge >= 0.3 is 0 Å². The highest BCUT2D eigenvalue weighted by atomic mass is 19.1. The van der Waals surface area contributed by atoms with E-state index in [9.17, 15) is 18.8 Å². The molecule has 0 atom stereocenters. The first kappa shape index (κ1) is 13.7. The number of aromatic nitrogens is 1. The van der Waals surface area contributed by atoms with Crippen LogP contribution in [0.1, 0.15) is 26.3 Å². The van der Waals surface area contributed by atoms with Crippen molar-refractivity contribution in [2.24, 2.45) is 5.73 Å². The number of rotatable bonds is 4. The molecule has 0 aliphatic carbocycles. The van der Waals surface area contributed by atoms with E-state index in [1.165, 1.54) is 24.4 Å². The van der Waals surface area contributed by atoms with Gasteiger partial charge in [0.2, 0.25) is 5.91 Å². The van der Waals surface area contributed by atoms with Crippen molar-refractivity contribution in [2.75, 3.05) is 0 Å². The molecule has 0 bridgehead atoms. The van der Waals surface area contributed by atoms with E-state index in [1.54, 1.807) is 6.07 Å². The third-order valence-electron chi connectivity index (χ3n) is 2.77. The third kappa shape index (κ3) is 2.80. The number of nitrogens with zero attached hydrogens (tertiary/aromatic N) is 1. The van der Waals surface area contributed by atoms with Gasteiger partial charge < -0.3 is 10.3 Å². The van der Waals surface area contributed by atoms with Crippen molar-refractivity contribution in [1.29, 1.82) is 0 Å². The van der Waals surface area contributed by atoms with Crippen LogP contribution in [-0.2, 0) is 6.54 Å². The first-order valence-corrected chi connectivity index (χ1v) is 5.75. The number of halogens is 1. The van der Waals surface area contributed by atoms with E-state index in [-0.39, 0.29) is 17.7 Å². The van der Waals surface area contributed by atoms with Crippen LogP contribution in [0.4, 0.5) is 4.39 Å². The summed E-state index contributed by atoms with van der Waals surface area (Å²) in [6, 6.07) is 6.83. The van der Waals surface area contributed by atoms with Crippen LogP contribution >= 0.6 is 0 Å². The molecule has 0 unspecified atom stereocenters. The molecule has 1 amide bonds. The van der Waals surface area contributed by atoms with Crippen LogP contribution in [0, 0.1) is 5.82 Å². The summed E-state index contributed by atoms with van der Waals surface area (Å²) in [7, 11) is 0. The summed E-state index contributed by atoms with van der Waals surface area (Å²) >= 11 is 0. The van der Waals surface area contributed by atoms with E-state index in [0.717, 1.165) is 10.6 Å². The monoisotopic (exact) mass is 274 g/mol. The maximum absolute atomic E-state index is 13.1. The Balaban J connectivity index is 2.50. The molecule has 6 heteroatoms. The van der Waals surface area contributed by atoms with Gasteiger partial charge in [0.1, 0.15) is 5.82 Å². The van der Waals surface area contributed by atoms with Gasteiger partial charge in [0, 0.05) is 6.20 Å². The standard InChI is InChI=1S/C14H11FN2O3/c15-12-3-1-2-9(4-12)6-17-7-10(13(16)19)5-11(8-18)14(17)20/h1-5,7-8H,6H2,(H2,16,19). The summed E-state index contributed by atoms with van der Waals surface area (Å²) in [6.45, 7) is 0.0402.